The van der Waals surface area contributed by atoms with Crippen LogP contribution in [0, 0.1) is 0 Å². The van der Waals surface area contributed by atoms with Crippen molar-refractivity contribution in [1.29, 1.82) is 0 Å². The fraction of sp³-hybridized carbons (Fsp3) is 0.105. The van der Waals surface area contributed by atoms with E-state index in [1.165, 1.54) is 11.3 Å². The third kappa shape index (κ3) is 3.04. The third-order valence-corrected chi connectivity index (χ3v) is 4.93. The highest BCUT2D eigenvalue weighted by Gasteiger charge is 2.16. The summed E-state index contributed by atoms with van der Waals surface area (Å²) in [5.41, 5.74) is 3.02. The van der Waals surface area contributed by atoms with Crippen molar-refractivity contribution in [3.8, 4) is 17.0 Å². The Labute approximate surface area is 154 Å². The Hall–Kier alpha value is -3.19. The summed E-state index contributed by atoms with van der Waals surface area (Å²) in [6.07, 6.45) is 0. The first-order chi connectivity index (χ1) is 12.6. The summed E-state index contributed by atoms with van der Waals surface area (Å²) in [4.78, 5) is 17.1. The molecule has 0 unspecified atom stereocenters. The second kappa shape index (κ2) is 6.61. The van der Waals surface area contributed by atoms with Crippen LogP contribution in [0.3, 0.4) is 0 Å². The van der Waals surface area contributed by atoms with Crippen molar-refractivity contribution in [2.24, 2.45) is 7.05 Å². The van der Waals surface area contributed by atoms with Crippen molar-refractivity contribution in [2.45, 2.75) is 0 Å². The van der Waals surface area contributed by atoms with E-state index in [1.807, 2.05) is 48.5 Å². The Morgan fingerprint density at radius 1 is 1.15 bits per heavy atom. The first-order valence-corrected chi connectivity index (χ1v) is 8.81. The van der Waals surface area contributed by atoms with Crippen LogP contribution >= 0.6 is 11.3 Å². The molecule has 0 bridgehead atoms. The van der Waals surface area contributed by atoms with Crippen molar-refractivity contribution in [1.82, 2.24) is 14.8 Å². The maximum Gasteiger partial charge on any atom is 0.275 e. The Kier molecular flexibility index (Phi) is 4.14. The molecular formula is C19H16N4O2S. The number of rotatable bonds is 4. The van der Waals surface area contributed by atoms with Crippen molar-refractivity contribution >= 4 is 32.6 Å². The van der Waals surface area contributed by atoms with E-state index in [9.17, 15) is 4.79 Å². The molecule has 0 saturated heterocycles. The van der Waals surface area contributed by atoms with Gasteiger partial charge >= 0.3 is 0 Å². The molecule has 0 aliphatic rings. The lowest BCUT2D eigenvalue weighted by molar-refractivity contribution is 0.101. The first kappa shape index (κ1) is 16.3. The average molecular weight is 364 g/mol. The predicted octanol–water partition coefficient (Wildman–Crippen LogP) is 3.96. The number of aromatic nitrogens is 3. The zero-order valence-electron chi connectivity index (χ0n) is 14.3. The Balaban J connectivity index is 1.59. The number of fused-ring (bicyclic) bond motifs is 1. The predicted molar refractivity (Wildman–Crippen MR) is 103 cm³/mol. The lowest BCUT2D eigenvalue weighted by Gasteiger charge is -2.00. The van der Waals surface area contributed by atoms with Crippen molar-refractivity contribution in [2.75, 3.05) is 12.4 Å². The molecule has 1 amide bonds. The topological polar surface area (TPSA) is 69.0 Å². The fourth-order valence-electron chi connectivity index (χ4n) is 2.68. The number of anilines is 1. The van der Waals surface area contributed by atoms with E-state index in [0.29, 0.717) is 10.8 Å². The van der Waals surface area contributed by atoms with Gasteiger partial charge in [-0.05, 0) is 24.3 Å². The number of nitrogens with zero attached hydrogens (tertiary/aromatic N) is 3. The number of hydrogen-bond donors (Lipinski definition) is 1. The smallest absolute Gasteiger partial charge is 0.275 e. The number of amides is 1. The SMILES string of the molecule is COc1ccc2nc(NC(=O)c3cc(-c4ccccc4)nn3C)sc2c1. The summed E-state index contributed by atoms with van der Waals surface area (Å²) >= 11 is 1.41. The lowest BCUT2D eigenvalue weighted by atomic mass is 10.1. The van der Waals surface area contributed by atoms with Gasteiger partial charge in [-0.15, -0.1) is 0 Å². The van der Waals surface area contributed by atoms with Gasteiger partial charge in [-0.25, -0.2) is 4.98 Å². The summed E-state index contributed by atoms with van der Waals surface area (Å²) < 4.78 is 7.75. The molecule has 4 rings (SSSR count). The van der Waals surface area contributed by atoms with Crippen LogP contribution in [-0.2, 0) is 7.05 Å². The molecule has 4 aromatic rings. The molecular weight excluding hydrogens is 348 g/mol. The molecule has 130 valence electrons. The maximum atomic E-state index is 12.6. The van der Waals surface area contributed by atoms with Crippen LogP contribution in [0.15, 0.2) is 54.6 Å². The Morgan fingerprint density at radius 2 is 1.96 bits per heavy atom. The largest absolute Gasteiger partial charge is 0.497 e. The number of aryl methyl sites for hydroxylation is 1. The molecule has 1 N–H and O–H groups in total. The van der Waals surface area contributed by atoms with Gasteiger partial charge in [-0.3, -0.25) is 14.8 Å². The summed E-state index contributed by atoms with van der Waals surface area (Å²) in [5.74, 6) is 0.520. The number of ether oxygens (including phenoxy) is 1. The van der Waals surface area contributed by atoms with E-state index in [4.69, 9.17) is 4.74 Å². The van der Waals surface area contributed by atoms with Crippen molar-refractivity contribution in [3.63, 3.8) is 0 Å². The molecule has 0 saturated carbocycles. The molecule has 0 radical (unpaired) electrons. The van der Waals surface area contributed by atoms with E-state index in [0.717, 1.165) is 27.2 Å². The van der Waals surface area contributed by atoms with E-state index >= 15 is 0 Å². The molecule has 0 aliphatic carbocycles. The molecule has 26 heavy (non-hydrogen) atoms. The Bertz CT molecular complexity index is 1090. The zero-order valence-corrected chi connectivity index (χ0v) is 15.1. The number of hydrogen-bond acceptors (Lipinski definition) is 5. The van der Waals surface area contributed by atoms with Crippen LogP contribution in [0.1, 0.15) is 10.5 Å². The summed E-state index contributed by atoms with van der Waals surface area (Å²) in [5, 5.41) is 7.83. The number of benzene rings is 2. The van der Waals surface area contributed by atoms with E-state index in [2.05, 4.69) is 15.4 Å². The number of carbonyl (C=O) groups excluding carboxylic acids is 1. The summed E-state index contributed by atoms with van der Waals surface area (Å²) in [6.45, 7) is 0. The molecule has 0 spiro atoms. The van der Waals surface area contributed by atoms with E-state index in [-0.39, 0.29) is 5.91 Å². The van der Waals surface area contributed by atoms with E-state index < -0.39 is 0 Å². The van der Waals surface area contributed by atoms with Crippen LogP contribution in [0.5, 0.6) is 5.75 Å². The van der Waals surface area contributed by atoms with Crippen LogP contribution in [0.4, 0.5) is 5.13 Å². The number of thiazole rings is 1. The Morgan fingerprint density at radius 3 is 2.73 bits per heavy atom. The van der Waals surface area contributed by atoms with Gasteiger partial charge in [0.25, 0.3) is 5.91 Å². The van der Waals surface area contributed by atoms with E-state index in [1.54, 1.807) is 24.9 Å². The van der Waals surface area contributed by atoms with Gasteiger partial charge in [0.1, 0.15) is 11.4 Å². The highest BCUT2D eigenvalue weighted by atomic mass is 32.1. The third-order valence-electron chi connectivity index (χ3n) is 4.00. The monoisotopic (exact) mass is 364 g/mol. The highest BCUT2D eigenvalue weighted by molar-refractivity contribution is 7.22. The quantitative estimate of drug-likeness (QED) is 0.595. The number of methoxy groups -OCH3 is 1. The number of carbonyl (C=O) groups is 1. The minimum Gasteiger partial charge on any atom is -0.497 e. The maximum absolute atomic E-state index is 12.6. The lowest BCUT2D eigenvalue weighted by Crippen LogP contribution is -2.15. The van der Waals surface area contributed by atoms with Crippen LogP contribution in [0.25, 0.3) is 21.5 Å². The summed E-state index contributed by atoms with van der Waals surface area (Å²) in [7, 11) is 3.38. The van der Waals surface area contributed by atoms with Crippen LogP contribution in [-0.4, -0.2) is 27.8 Å². The van der Waals surface area contributed by atoms with Gasteiger partial charge in [0.05, 0.1) is 23.0 Å². The molecule has 2 heterocycles. The molecule has 0 atom stereocenters. The average Bonchev–Trinajstić information content (AvgIpc) is 3.24. The fourth-order valence-corrected chi connectivity index (χ4v) is 3.57. The number of nitrogens with one attached hydrogen (secondary N) is 1. The zero-order chi connectivity index (χ0) is 18.1. The van der Waals surface area contributed by atoms with Gasteiger partial charge in [0.2, 0.25) is 0 Å². The minimum absolute atomic E-state index is 0.242. The van der Waals surface area contributed by atoms with Crippen molar-refractivity contribution in [3.05, 3.63) is 60.3 Å². The second-order valence-corrected chi connectivity index (χ2v) is 6.74. The van der Waals surface area contributed by atoms with Gasteiger partial charge in [0.15, 0.2) is 5.13 Å². The van der Waals surface area contributed by atoms with Gasteiger partial charge in [-0.2, -0.15) is 5.10 Å². The molecule has 2 aromatic carbocycles. The van der Waals surface area contributed by atoms with Gasteiger partial charge in [-0.1, -0.05) is 41.7 Å². The summed E-state index contributed by atoms with van der Waals surface area (Å²) in [6, 6.07) is 17.2. The first-order valence-electron chi connectivity index (χ1n) is 7.99. The second-order valence-electron chi connectivity index (χ2n) is 5.71. The molecule has 0 fully saturated rings. The molecule has 7 heteroatoms. The molecule has 2 aromatic heterocycles. The van der Waals surface area contributed by atoms with Crippen LogP contribution in [0.2, 0.25) is 0 Å². The van der Waals surface area contributed by atoms with Crippen LogP contribution < -0.4 is 10.1 Å². The van der Waals surface area contributed by atoms with Gasteiger partial charge < -0.3 is 4.74 Å². The molecule has 0 aliphatic heterocycles. The minimum atomic E-state index is -0.242. The molecule has 6 nitrogen and oxygen atoms in total. The highest BCUT2D eigenvalue weighted by Crippen LogP contribution is 2.29. The van der Waals surface area contributed by atoms with Gasteiger partial charge in [0, 0.05) is 12.6 Å². The standard InChI is InChI=1S/C19H16N4O2S/c1-23-16(11-15(22-23)12-6-4-3-5-7-12)18(24)21-19-20-14-9-8-13(25-2)10-17(14)26-19/h3-11H,1-2H3,(H,20,21,24). The van der Waals surface area contributed by atoms with Crippen molar-refractivity contribution < 1.29 is 9.53 Å². The normalized spacial score (nSPS) is 10.8.